The average Bonchev–Trinajstić information content (AvgIpc) is 3.76. The van der Waals surface area contributed by atoms with E-state index in [-0.39, 0.29) is 5.41 Å². The van der Waals surface area contributed by atoms with Crippen LogP contribution in [-0.2, 0) is 5.41 Å². The van der Waals surface area contributed by atoms with Crippen molar-refractivity contribution in [2.24, 2.45) is 0 Å². The quantitative estimate of drug-likeness (QED) is 0.181. The Morgan fingerprint density at radius 3 is 1.65 bits per heavy atom. The van der Waals surface area contributed by atoms with Gasteiger partial charge in [-0.05, 0) is 125 Å². The van der Waals surface area contributed by atoms with Gasteiger partial charge in [-0.15, -0.1) is 0 Å². The van der Waals surface area contributed by atoms with Gasteiger partial charge in [0.2, 0.25) is 0 Å². The van der Waals surface area contributed by atoms with Crippen LogP contribution < -0.4 is 0 Å². The SMILES string of the molecule is c1ccc(-c2cc(-c3ccccn3)nc3cc(-c4ccc5cc(-c6cccc7c6-c6ccccc6C76c7ccccc7-c7ccccc76)ccc5c4)ccc23)cc1. The molecule has 0 radical (unpaired) electrons. The molecule has 0 fully saturated rings. The van der Waals surface area contributed by atoms with Gasteiger partial charge in [-0.1, -0.05) is 164 Å². The van der Waals surface area contributed by atoms with Gasteiger partial charge in [0.15, 0.2) is 0 Å². The molecule has 0 N–H and O–H groups in total. The first kappa shape index (κ1) is 31.9. The number of hydrogen-bond donors (Lipinski definition) is 0. The van der Waals surface area contributed by atoms with Gasteiger partial charge in [-0.3, -0.25) is 4.98 Å². The van der Waals surface area contributed by atoms with Gasteiger partial charge in [-0.25, -0.2) is 4.98 Å². The first-order chi connectivity index (χ1) is 28.3. The van der Waals surface area contributed by atoms with Crippen LogP contribution in [0.1, 0.15) is 22.3 Å². The summed E-state index contributed by atoms with van der Waals surface area (Å²) in [6.45, 7) is 0. The Morgan fingerprint density at radius 1 is 0.333 bits per heavy atom. The Balaban J connectivity index is 0.977. The van der Waals surface area contributed by atoms with Crippen LogP contribution in [0.4, 0.5) is 0 Å². The summed E-state index contributed by atoms with van der Waals surface area (Å²) in [5, 5.41) is 3.55. The molecule has 2 heterocycles. The predicted molar refractivity (Wildman–Crippen MR) is 235 cm³/mol. The zero-order valence-corrected chi connectivity index (χ0v) is 31.0. The van der Waals surface area contributed by atoms with E-state index in [1.54, 1.807) is 0 Å². The van der Waals surface area contributed by atoms with Crippen LogP contribution in [0.2, 0.25) is 0 Å². The molecule has 0 amide bonds. The van der Waals surface area contributed by atoms with Gasteiger partial charge in [0.25, 0.3) is 0 Å². The Kier molecular flexibility index (Phi) is 6.88. The second kappa shape index (κ2) is 12.3. The van der Waals surface area contributed by atoms with Gasteiger partial charge >= 0.3 is 0 Å². The van der Waals surface area contributed by atoms with Gasteiger partial charge in [0.1, 0.15) is 0 Å². The second-order valence-corrected chi connectivity index (χ2v) is 15.3. The molecule has 0 saturated carbocycles. The molecule has 1 spiro atoms. The summed E-state index contributed by atoms with van der Waals surface area (Å²) in [5.41, 5.74) is 20.2. The molecule has 8 aromatic carbocycles. The Labute approximate surface area is 331 Å². The number of aromatic nitrogens is 2. The molecule has 2 heteroatoms. The van der Waals surface area contributed by atoms with Crippen molar-refractivity contribution < 1.29 is 0 Å². The zero-order chi connectivity index (χ0) is 37.5. The van der Waals surface area contributed by atoms with E-state index in [0.717, 1.165) is 39.0 Å². The van der Waals surface area contributed by atoms with E-state index in [0.29, 0.717) is 0 Å². The van der Waals surface area contributed by atoms with E-state index in [1.807, 2.05) is 24.4 Å². The summed E-state index contributed by atoms with van der Waals surface area (Å²) in [5.74, 6) is 0. The lowest BCUT2D eigenvalue weighted by Gasteiger charge is -2.30. The highest BCUT2D eigenvalue weighted by atomic mass is 14.8. The second-order valence-electron chi connectivity index (χ2n) is 15.3. The molecule has 12 rings (SSSR count). The molecule has 57 heavy (non-hydrogen) atoms. The highest BCUT2D eigenvalue weighted by molar-refractivity contribution is 6.02. The number of pyridine rings is 2. The summed E-state index contributed by atoms with van der Waals surface area (Å²) < 4.78 is 0. The van der Waals surface area contributed by atoms with Crippen LogP contribution in [0, 0.1) is 0 Å². The van der Waals surface area contributed by atoms with Gasteiger partial charge in [0, 0.05) is 11.6 Å². The first-order valence-electron chi connectivity index (χ1n) is 19.6. The summed E-state index contributed by atoms with van der Waals surface area (Å²) in [4.78, 5) is 9.80. The molecule has 0 aliphatic heterocycles. The van der Waals surface area contributed by atoms with Crippen molar-refractivity contribution in [2.45, 2.75) is 5.41 Å². The van der Waals surface area contributed by atoms with E-state index in [2.05, 4.69) is 187 Å². The van der Waals surface area contributed by atoms with Crippen LogP contribution in [-0.4, -0.2) is 9.97 Å². The van der Waals surface area contributed by atoms with E-state index in [4.69, 9.17) is 4.98 Å². The largest absolute Gasteiger partial charge is 0.255 e. The van der Waals surface area contributed by atoms with Crippen LogP contribution in [0.25, 0.3) is 88.7 Å². The minimum atomic E-state index is -0.351. The molecule has 0 atom stereocenters. The van der Waals surface area contributed by atoms with Crippen molar-refractivity contribution in [1.29, 1.82) is 0 Å². The lowest BCUT2D eigenvalue weighted by atomic mass is 9.70. The highest BCUT2D eigenvalue weighted by Gasteiger charge is 2.51. The predicted octanol–water partition coefficient (Wildman–Crippen LogP) is 13.8. The molecule has 0 saturated heterocycles. The third-order valence-corrected chi connectivity index (χ3v) is 12.3. The fourth-order valence-corrected chi connectivity index (χ4v) is 9.89. The van der Waals surface area contributed by atoms with Crippen LogP contribution in [0.5, 0.6) is 0 Å². The molecule has 2 aliphatic rings. The fraction of sp³-hybridized carbons (Fsp3) is 0.0182. The first-order valence-corrected chi connectivity index (χ1v) is 19.6. The Morgan fingerprint density at radius 2 is 0.912 bits per heavy atom. The smallest absolute Gasteiger partial charge is 0.0900 e. The Bertz CT molecular complexity index is 3190. The normalized spacial score (nSPS) is 13.1. The molecular formula is C55H34N2. The van der Waals surface area contributed by atoms with E-state index in [9.17, 15) is 0 Å². The molecule has 10 aromatic rings. The monoisotopic (exact) mass is 722 g/mol. The standard InChI is InChI=1S/C55H34N2/c1-2-13-35(14-3-1)46-34-53(51-23-10-11-30-56-51)57-52-33-39(28-29-44(46)52)37-24-25-38-32-40(27-26-36(38)31-37)41-18-12-22-50-54(41)45-17-6-9-21-49(45)55(50)47-19-7-4-15-42(47)43-16-5-8-20-48(43)55/h1-34H. The summed E-state index contributed by atoms with van der Waals surface area (Å²) in [6.07, 6.45) is 1.83. The maximum atomic E-state index is 5.16. The number of hydrogen-bond acceptors (Lipinski definition) is 2. The van der Waals surface area contributed by atoms with Gasteiger partial charge < -0.3 is 0 Å². The van der Waals surface area contributed by atoms with Crippen molar-refractivity contribution in [2.75, 3.05) is 0 Å². The van der Waals surface area contributed by atoms with Crippen molar-refractivity contribution in [3.63, 3.8) is 0 Å². The summed E-state index contributed by atoms with van der Waals surface area (Å²) in [6, 6.07) is 73.2. The van der Waals surface area contributed by atoms with Crippen LogP contribution in [0.3, 0.4) is 0 Å². The molecule has 0 bridgehead atoms. The minimum Gasteiger partial charge on any atom is -0.255 e. The number of rotatable bonds is 4. The summed E-state index contributed by atoms with van der Waals surface area (Å²) >= 11 is 0. The summed E-state index contributed by atoms with van der Waals surface area (Å²) in [7, 11) is 0. The lowest BCUT2D eigenvalue weighted by molar-refractivity contribution is 0.794. The molecule has 2 nitrogen and oxygen atoms in total. The lowest BCUT2D eigenvalue weighted by Crippen LogP contribution is -2.25. The number of nitrogens with zero attached hydrogens (tertiary/aromatic N) is 2. The highest BCUT2D eigenvalue weighted by Crippen LogP contribution is 2.63. The molecule has 0 unspecified atom stereocenters. The molecule has 264 valence electrons. The van der Waals surface area contributed by atoms with Gasteiger partial charge in [0.05, 0.1) is 22.3 Å². The Hall–Kier alpha value is -7.42. The maximum Gasteiger partial charge on any atom is 0.0900 e. The fourth-order valence-electron chi connectivity index (χ4n) is 9.89. The van der Waals surface area contributed by atoms with E-state index < -0.39 is 0 Å². The third-order valence-electron chi connectivity index (χ3n) is 12.3. The topological polar surface area (TPSA) is 25.8 Å². The van der Waals surface area contributed by atoms with Crippen LogP contribution in [0.15, 0.2) is 206 Å². The third kappa shape index (κ3) is 4.65. The van der Waals surface area contributed by atoms with E-state index >= 15 is 0 Å². The maximum absolute atomic E-state index is 5.16. The van der Waals surface area contributed by atoms with E-state index in [1.165, 1.54) is 72.0 Å². The minimum absolute atomic E-state index is 0.351. The van der Waals surface area contributed by atoms with Crippen LogP contribution >= 0.6 is 0 Å². The molecule has 2 aliphatic carbocycles. The average molecular weight is 723 g/mol. The van der Waals surface area contributed by atoms with Crippen molar-refractivity contribution in [3.8, 4) is 67.0 Å². The molecular weight excluding hydrogens is 689 g/mol. The van der Waals surface area contributed by atoms with Crippen molar-refractivity contribution in [3.05, 3.63) is 229 Å². The zero-order valence-electron chi connectivity index (χ0n) is 31.0. The van der Waals surface area contributed by atoms with Crippen molar-refractivity contribution in [1.82, 2.24) is 9.97 Å². The number of benzene rings is 8. The number of fused-ring (bicyclic) bond motifs is 12. The van der Waals surface area contributed by atoms with Gasteiger partial charge in [-0.2, -0.15) is 0 Å². The molecule has 2 aromatic heterocycles. The van der Waals surface area contributed by atoms with Crippen molar-refractivity contribution >= 4 is 21.7 Å².